The van der Waals surface area contributed by atoms with Crippen molar-refractivity contribution in [2.75, 3.05) is 20.6 Å². The predicted molar refractivity (Wildman–Crippen MR) is 75.8 cm³/mol. The van der Waals surface area contributed by atoms with Crippen molar-refractivity contribution >= 4 is 5.97 Å². The third kappa shape index (κ3) is 3.22. The van der Waals surface area contributed by atoms with Crippen molar-refractivity contribution in [3.8, 4) is 11.5 Å². The summed E-state index contributed by atoms with van der Waals surface area (Å²) in [6.45, 7) is 4.64. The highest BCUT2D eigenvalue weighted by molar-refractivity contribution is 5.89. The number of ether oxygens (including phenoxy) is 2. The van der Waals surface area contributed by atoms with Gasteiger partial charge in [-0.05, 0) is 40.1 Å². The van der Waals surface area contributed by atoms with Crippen LogP contribution in [-0.2, 0) is 6.42 Å². The normalized spacial score (nSPS) is 17.2. The van der Waals surface area contributed by atoms with Crippen LogP contribution < -0.4 is 9.47 Å². The first-order valence-electron chi connectivity index (χ1n) is 6.75. The summed E-state index contributed by atoms with van der Waals surface area (Å²) in [6, 6.07) is 3.17. The van der Waals surface area contributed by atoms with Gasteiger partial charge in [0.25, 0.3) is 0 Å². The molecule has 110 valence electrons. The Morgan fingerprint density at radius 1 is 1.50 bits per heavy atom. The maximum atomic E-state index is 11.2. The van der Waals surface area contributed by atoms with Crippen molar-refractivity contribution in [1.29, 1.82) is 0 Å². The highest BCUT2D eigenvalue weighted by Crippen LogP contribution is 2.38. The molecule has 0 bridgehead atoms. The summed E-state index contributed by atoms with van der Waals surface area (Å²) >= 11 is 0. The molecule has 0 saturated heterocycles. The van der Waals surface area contributed by atoms with Gasteiger partial charge in [0, 0.05) is 18.5 Å². The first-order valence-corrected chi connectivity index (χ1v) is 6.75. The number of carboxylic acids is 1. The Balaban J connectivity index is 2.32. The number of carboxylic acid groups (broad SMARTS) is 1. The number of fused-ring (bicyclic) bond motifs is 1. The topological polar surface area (TPSA) is 59.0 Å². The molecule has 0 aromatic heterocycles. The highest BCUT2D eigenvalue weighted by atomic mass is 16.5. The fraction of sp³-hybridized carbons (Fsp3) is 0.533. The van der Waals surface area contributed by atoms with Crippen LogP contribution in [0.5, 0.6) is 11.5 Å². The molecule has 1 atom stereocenters. The van der Waals surface area contributed by atoms with Gasteiger partial charge in [0.05, 0.1) is 11.7 Å². The molecule has 5 nitrogen and oxygen atoms in total. The Hall–Kier alpha value is -1.75. The van der Waals surface area contributed by atoms with E-state index in [0.29, 0.717) is 11.5 Å². The SMILES string of the molecule is CC(C)Oc1cc(C(=O)O)cc2c1CC(CN(C)C)O2. The minimum absolute atomic E-state index is 0.00366. The number of benzene rings is 1. The van der Waals surface area contributed by atoms with E-state index in [1.165, 1.54) is 0 Å². The Labute approximate surface area is 119 Å². The van der Waals surface area contributed by atoms with Gasteiger partial charge in [-0.2, -0.15) is 0 Å². The molecule has 1 unspecified atom stereocenters. The summed E-state index contributed by atoms with van der Waals surface area (Å²) in [5, 5.41) is 9.17. The van der Waals surface area contributed by atoms with Gasteiger partial charge in [-0.25, -0.2) is 4.79 Å². The average Bonchev–Trinajstić information content (AvgIpc) is 2.69. The Bertz CT molecular complexity index is 511. The smallest absolute Gasteiger partial charge is 0.335 e. The number of aromatic carboxylic acids is 1. The molecule has 0 fully saturated rings. The molecule has 0 radical (unpaired) electrons. The maximum Gasteiger partial charge on any atom is 0.335 e. The summed E-state index contributed by atoms with van der Waals surface area (Å²) in [5.41, 5.74) is 1.17. The number of rotatable bonds is 5. The van der Waals surface area contributed by atoms with Gasteiger partial charge in [-0.1, -0.05) is 0 Å². The molecule has 1 aromatic rings. The Morgan fingerprint density at radius 2 is 2.20 bits per heavy atom. The molecule has 1 aliphatic rings. The summed E-state index contributed by atoms with van der Waals surface area (Å²) in [7, 11) is 3.97. The second-order valence-electron chi connectivity index (χ2n) is 5.63. The van der Waals surface area contributed by atoms with E-state index in [9.17, 15) is 4.79 Å². The molecular formula is C15H21NO4. The third-order valence-electron chi connectivity index (χ3n) is 3.07. The summed E-state index contributed by atoms with van der Waals surface area (Å²) < 4.78 is 11.6. The van der Waals surface area contributed by atoms with E-state index in [1.54, 1.807) is 12.1 Å². The van der Waals surface area contributed by atoms with Gasteiger partial charge in [0.2, 0.25) is 0 Å². The van der Waals surface area contributed by atoms with Crippen LogP contribution in [-0.4, -0.2) is 48.8 Å². The van der Waals surface area contributed by atoms with E-state index in [2.05, 4.69) is 4.90 Å². The Kier molecular flexibility index (Phi) is 4.18. The largest absolute Gasteiger partial charge is 0.491 e. The predicted octanol–water partition coefficient (Wildman–Crippen LogP) is 2.04. The van der Waals surface area contributed by atoms with Crippen molar-refractivity contribution in [2.24, 2.45) is 0 Å². The zero-order valence-electron chi connectivity index (χ0n) is 12.3. The van der Waals surface area contributed by atoms with E-state index < -0.39 is 5.97 Å². The molecule has 1 N–H and O–H groups in total. The lowest BCUT2D eigenvalue weighted by Crippen LogP contribution is -2.29. The zero-order valence-corrected chi connectivity index (χ0v) is 12.3. The lowest BCUT2D eigenvalue weighted by Gasteiger charge is -2.15. The molecule has 1 heterocycles. The number of carbonyl (C=O) groups is 1. The van der Waals surface area contributed by atoms with Crippen LogP contribution in [0.3, 0.4) is 0 Å². The number of hydrogen-bond donors (Lipinski definition) is 1. The lowest BCUT2D eigenvalue weighted by atomic mass is 10.1. The molecular weight excluding hydrogens is 258 g/mol. The van der Waals surface area contributed by atoms with E-state index in [4.69, 9.17) is 14.6 Å². The molecule has 20 heavy (non-hydrogen) atoms. The zero-order chi connectivity index (χ0) is 14.9. The Morgan fingerprint density at radius 3 is 2.75 bits per heavy atom. The van der Waals surface area contributed by atoms with E-state index in [-0.39, 0.29) is 17.8 Å². The van der Waals surface area contributed by atoms with Crippen molar-refractivity contribution in [2.45, 2.75) is 32.5 Å². The minimum atomic E-state index is -0.971. The van der Waals surface area contributed by atoms with Gasteiger partial charge < -0.3 is 19.5 Å². The monoisotopic (exact) mass is 279 g/mol. The van der Waals surface area contributed by atoms with Crippen molar-refractivity contribution in [1.82, 2.24) is 4.90 Å². The van der Waals surface area contributed by atoms with Crippen LogP contribution in [0.15, 0.2) is 12.1 Å². The molecule has 2 rings (SSSR count). The van der Waals surface area contributed by atoms with Crippen LogP contribution in [0.4, 0.5) is 0 Å². The molecule has 1 aliphatic heterocycles. The molecule has 0 saturated carbocycles. The van der Waals surface area contributed by atoms with Crippen LogP contribution in [0.25, 0.3) is 0 Å². The van der Waals surface area contributed by atoms with Crippen LogP contribution >= 0.6 is 0 Å². The number of likely N-dealkylation sites (N-methyl/N-ethyl adjacent to an activating group) is 1. The van der Waals surface area contributed by atoms with E-state index >= 15 is 0 Å². The molecule has 0 aliphatic carbocycles. The fourth-order valence-electron chi connectivity index (χ4n) is 2.37. The third-order valence-corrected chi connectivity index (χ3v) is 3.07. The highest BCUT2D eigenvalue weighted by Gasteiger charge is 2.28. The van der Waals surface area contributed by atoms with Gasteiger partial charge in [0.1, 0.15) is 17.6 Å². The number of hydrogen-bond acceptors (Lipinski definition) is 4. The van der Waals surface area contributed by atoms with Crippen molar-refractivity contribution in [3.63, 3.8) is 0 Å². The molecule has 0 amide bonds. The molecule has 0 spiro atoms. The first-order chi connectivity index (χ1) is 9.36. The van der Waals surface area contributed by atoms with Gasteiger partial charge in [-0.3, -0.25) is 0 Å². The second kappa shape index (κ2) is 5.71. The first kappa shape index (κ1) is 14.7. The van der Waals surface area contributed by atoms with Crippen LogP contribution in [0.2, 0.25) is 0 Å². The van der Waals surface area contributed by atoms with Gasteiger partial charge in [-0.15, -0.1) is 0 Å². The average molecular weight is 279 g/mol. The van der Waals surface area contributed by atoms with Crippen molar-refractivity contribution in [3.05, 3.63) is 23.3 Å². The molecule has 1 aromatic carbocycles. The fourth-order valence-corrected chi connectivity index (χ4v) is 2.37. The summed E-state index contributed by atoms with van der Waals surface area (Å²) in [5.74, 6) is 0.282. The minimum Gasteiger partial charge on any atom is -0.491 e. The number of nitrogens with zero attached hydrogens (tertiary/aromatic N) is 1. The lowest BCUT2D eigenvalue weighted by molar-refractivity contribution is 0.0695. The van der Waals surface area contributed by atoms with Crippen LogP contribution in [0, 0.1) is 0 Å². The summed E-state index contributed by atoms with van der Waals surface area (Å²) in [6.07, 6.45) is 0.782. The standard InChI is InChI=1S/C15H21NO4/c1-9(2)19-13-5-10(15(17)18)6-14-12(13)7-11(20-14)8-16(3)4/h5-6,9,11H,7-8H2,1-4H3,(H,17,18). The van der Waals surface area contributed by atoms with Crippen molar-refractivity contribution < 1.29 is 19.4 Å². The molecule has 5 heteroatoms. The quantitative estimate of drug-likeness (QED) is 0.893. The summed E-state index contributed by atoms with van der Waals surface area (Å²) in [4.78, 5) is 13.2. The van der Waals surface area contributed by atoms with Gasteiger partial charge in [0.15, 0.2) is 0 Å². The second-order valence-corrected chi connectivity index (χ2v) is 5.63. The van der Waals surface area contributed by atoms with E-state index in [1.807, 2.05) is 27.9 Å². The van der Waals surface area contributed by atoms with Gasteiger partial charge >= 0.3 is 5.97 Å². The maximum absolute atomic E-state index is 11.2. The van der Waals surface area contributed by atoms with Crippen LogP contribution in [0.1, 0.15) is 29.8 Å². The van der Waals surface area contributed by atoms with E-state index in [0.717, 1.165) is 18.5 Å².